The van der Waals surface area contributed by atoms with Gasteiger partial charge in [-0.15, -0.1) is 0 Å². The van der Waals surface area contributed by atoms with Gasteiger partial charge < -0.3 is 10.2 Å². The number of likely N-dealkylation sites (N-methyl/N-ethyl adjacent to an activating group) is 1. The van der Waals surface area contributed by atoms with Crippen LogP contribution < -0.4 is 5.32 Å². The largest absolute Gasteiger partial charge is 0.354 e. The van der Waals surface area contributed by atoms with Crippen molar-refractivity contribution in [2.24, 2.45) is 12.5 Å². The number of rotatable bonds is 4. The molecule has 1 N–H and O–H groups in total. The van der Waals surface area contributed by atoms with E-state index < -0.39 is 0 Å². The van der Waals surface area contributed by atoms with Crippen LogP contribution in [0.25, 0.3) is 10.9 Å². The molecule has 0 saturated carbocycles. The molecule has 1 aliphatic rings. The average Bonchev–Trinajstić information content (AvgIpc) is 2.83. The third-order valence-electron chi connectivity index (χ3n) is 5.42. The Morgan fingerprint density at radius 3 is 2.83 bits per heavy atom. The molecule has 2 aromatic rings. The van der Waals surface area contributed by atoms with Crippen molar-refractivity contribution in [1.29, 1.82) is 0 Å². The summed E-state index contributed by atoms with van der Waals surface area (Å²) in [6, 6.07) is 8.43. The molecule has 1 amide bonds. The third-order valence-corrected chi connectivity index (χ3v) is 5.42. The second kappa shape index (κ2) is 6.55. The van der Waals surface area contributed by atoms with Gasteiger partial charge in [-0.05, 0) is 37.9 Å². The number of para-hydroxylation sites is 1. The van der Waals surface area contributed by atoms with Crippen LogP contribution in [0, 0.1) is 5.41 Å². The standard InChI is InChI=1S/C19H28N4O/c1-19(2)10-7-11-22(3)17(19)13-20-18(24)12-15-14-8-5-6-9-16(14)23(4)21-15/h5-6,8-9,17H,7,10-13H2,1-4H3,(H,20,24). The number of benzene rings is 1. The molecule has 1 aliphatic heterocycles. The molecule has 0 aliphatic carbocycles. The maximum atomic E-state index is 12.4. The van der Waals surface area contributed by atoms with Crippen molar-refractivity contribution in [2.45, 2.75) is 39.2 Å². The lowest BCUT2D eigenvalue weighted by molar-refractivity contribution is -0.121. The molecule has 1 aromatic heterocycles. The van der Waals surface area contributed by atoms with Gasteiger partial charge in [0.05, 0.1) is 17.6 Å². The first-order chi connectivity index (χ1) is 11.4. The number of aryl methyl sites for hydroxylation is 1. The molecule has 5 heteroatoms. The van der Waals surface area contributed by atoms with Crippen LogP contribution in [-0.4, -0.2) is 46.8 Å². The van der Waals surface area contributed by atoms with Crippen molar-refractivity contribution in [2.75, 3.05) is 20.1 Å². The monoisotopic (exact) mass is 328 g/mol. The number of hydrogen-bond donors (Lipinski definition) is 1. The van der Waals surface area contributed by atoms with Gasteiger partial charge in [-0.1, -0.05) is 32.0 Å². The molecule has 1 saturated heterocycles. The first-order valence-electron chi connectivity index (χ1n) is 8.76. The topological polar surface area (TPSA) is 50.2 Å². The van der Waals surface area contributed by atoms with E-state index in [-0.39, 0.29) is 11.3 Å². The number of carbonyl (C=O) groups is 1. The zero-order chi connectivity index (χ0) is 17.3. The fourth-order valence-corrected chi connectivity index (χ4v) is 3.98. The third kappa shape index (κ3) is 3.31. The van der Waals surface area contributed by atoms with Crippen LogP contribution in [0.1, 0.15) is 32.4 Å². The van der Waals surface area contributed by atoms with Crippen LogP contribution in [0.5, 0.6) is 0 Å². The minimum Gasteiger partial charge on any atom is -0.354 e. The van der Waals surface area contributed by atoms with Crippen molar-refractivity contribution < 1.29 is 4.79 Å². The summed E-state index contributed by atoms with van der Waals surface area (Å²) in [5, 5.41) is 8.70. The second-order valence-corrected chi connectivity index (χ2v) is 7.66. The Morgan fingerprint density at radius 2 is 2.08 bits per heavy atom. The highest BCUT2D eigenvalue weighted by Gasteiger charge is 2.35. The Kier molecular flexibility index (Phi) is 4.63. The fourth-order valence-electron chi connectivity index (χ4n) is 3.98. The second-order valence-electron chi connectivity index (χ2n) is 7.66. The summed E-state index contributed by atoms with van der Waals surface area (Å²) in [6.07, 6.45) is 2.77. The van der Waals surface area contributed by atoms with Crippen molar-refractivity contribution in [3.05, 3.63) is 30.0 Å². The number of likely N-dealkylation sites (tertiary alicyclic amines) is 1. The number of hydrogen-bond acceptors (Lipinski definition) is 3. The molecule has 1 fully saturated rings. The van der Waals surface area contributed by atoms with Crippen LogP contribution in [0.4, 0.5) is 0 Å². The van der Waals surface area contributed by atoms with Crippen LogP contribution in [0.2, 0.25) is 0 Å². The van der Waals surface area contributed by atoms with E-state index in [4.69, 9.17) is 0 Å². The number of amides is 1. The summed E-state index contributed by atoms with van der Waals surface area (Å²) in [5.74, 6) is 0.0497. The number of carbonyl (C=O) groups excluding carboxylic acids is 1. The number of fused-ring (bicyclic) bond motifs is 1. The van der Waals surface area contributed by atoms with Gasteiger partial charge in [0, 0.05) is 25.0 Å². The lowest BCUT2D eigenvalue weighted by Crippen LogP contribution is -2.53. The number of nitrogens with one attached hydrogen (secondary N) is 1. The highest BCUT2D eigenvalue weighted by molar-refractivity contribution is 5.87. The zero-order valence-corrected chi connectivity index (χ0v) is 15.2. The molecule has 130 valence electrons. The first kappa shape index (κ1) is 17.0. The predicted molar refractivity (Wildman–Crippen MR) is 96.9 cm³/mol. The van der Waals surface area contributed by atoms with Crippen molar-refractivity contribution in [3.63, 3.8) is 0 Å². The Labute approximate surface area is 144 Å². The minimum absolute atomic E-state index is 0.0497. The Hall–Kier alpha value is -1.88. The summed E-state index contributed by atoms with van der Waals surface area (Å²) >= 11 is 0. The Morgan fingerprint density at radius 1 is 1.33 bits per heavy atom. The first-order valence-corrected chi connectivity index (χ1v) is 8.76. The molecule has 5 nitrogen and oxygen atoms in total. The molecule has 1 atom stereocenters. The van der Waals surface area contributed by atoms with Crippen molar-refractivity contribution in [3.8, 4) is 0 Å². The van der Waals surface area contributed by atoms with E-state index in [0.717, 1.165) is 23.1 Å². The van der Waals surface area contributed by atoms with E-state index in [0.29, 0.717) is 19.0 Å². The van der Waals surface area contributed by atoms with Gasteiger partial charge in [0.25, 0.3) is 0 Å². The Balaban J connectivity index is 1.65. The molecular weight excluding hydrogens is 300 g/mol. The SMILES string of the molecule is CN1CCCC(C)(C)C1CNC(=O)Cc1nn(C)c2ccccc12. The van der Waals surface area contributed by atoms with Crippen molar-refractivity contribution >= 4 is 16.8 Å². The Bertz CT molecular complexity index is 734. The smallest absolute Gasteiger partial charge is 0.226 e. The molecule has 0 spiro atoms. The maximum Gasteiger partial charge on any atom is 0.226 e. The molecule has 24 heavy (non-hydrogen) atoms. The van der Waals surface area contributed by atoms with Gasteiger partial charge >= 0.3 is 0 Å². The molecule has 2 heterocycles. The van der Waals surface area contributed by atoms with Gasteiger partial charge in [-0.25, -0.2) is 0 Å². The van der Waals surface area contributed by atoms with E-state index in [1.807, 2.05) is 36.0 Å². The molecule has 0 bridgehead atoms. The molecule has 1 aromatic carbocycles. The molecular formula is C19H28N4O. The lowest BCUT2D eigenvalue weighted by Gasteiger charge is -2.45. The average molecular weight is 328 g/mol. The van der Waals surface area contributed by atoms with Gasteiger partial charge in [0.15, 0.2) is 0 Å². The van der Waals surface area contributed by atoms with Gasteiger partial charge in [0.1, 0.15) is 0 Å². The van der Waals surface area contributed by atoms with Crippen LogP contribution in [0.15, 0.2) is 24.3 Å². The van der Waals surface area contributed by atoms with E-state index in [2.05, 4.69) is 36.2 Å². The minimum atomic E-state index is 0.0497. The fraction of sp³-hybridized carbons (Fsp3) is 0.579. The lowest BCUT2D eigenvalue weighted by atomic mass is 9.76. The van der Waals surface area contributed by atoms with Gasteiger partial charge in [-0.2, -0.15) is 5.10 Å². The zero-order valence-electron chi connectivity index (χ0n) is 15.2. The summed E-state index contributed by atoms with van der Waals surface area (Å²) in [4.78, 5) is 14.8. The summed E-state index contributed by atoms with van der Waals surface area (Å²) < 4.78 is 1.84. The van der Waals surface area contributed by atoms with Gasteiger partial charge in [0.2, 0.25) is 5.91 Å². The van der Waals surface area contributed by atoms with E-state index in [1.54, 1.807) is 0 Å². The molecule has 3 rings (SSSR count). The number of nitrogens with zero attached hydrogens (tertiary/aromatic N) is 3. The summed E-state index contributed by atoms with van der Waals surface area (Å²) in [5.41, 5.74) is 2.15. The van der Waals surface area contributed by atoms with E-state index in [9.17, 15) is 4.79 Å². The highest BCUT2D eigenvalue weighted by atomic mass is 16.1. The normalized spacial score (nSPS) is 21.1. The summed E-state index contributed by atoms with van der Waals surface area (Å²) in [7, 11) is 4.08. The molecule has 0 radical (unpaired) electrons. The van der Waals surface area contributed by atoms with E-state index >= 15 is 0 Å². The van der Waals surface area contributed by atoms with Crippen LogP contribution in [0.3, 0.4) is 0 Å². The number of piperidine rings is 1. The van der Waals surface area contributed by atoms with Gasteiger partial charge in [-0.3, -0.25) is 9.48 Å². The molecule has 1 unspecified atom stereocenters. The van der Waals surface area contributed by atoms with E-state index in [1.165, 1.54) is 12.8 Å². The quantitative estimate of drug-likeness (QED) is 0.937. The van der Waals surface area contributed by atoms with Crippen LogP contribution in [-0.2, 0) is 18.3 Å². The van der Waals surface area contributed by atoms with Crippen molar-refractivity contribution in [1.82, 2.24) is 20.0 Å². The highest BCUT2D eigenvalue weighted by Crippen LogP contribution is 2.33. The maximum absolute atomic E-state index is 12.4. The number of aromatic nitrogens is 2. The van der Waals surface area contributed by atoms with Crippen LogP contribution >= 0.6 is 0 Å². The summed E-state index contributed by atoms with van der Waals surface area (Å²) in [6.45, 7) is 6.40. The predicted octanol–water partition coefficient (Wildman–Crippen LogP) is 2.35.